The molecule has 0 heterocycles. The van der Waals surface area contributed by atoms with Crippen molar-refractivity contribution in [2.24, 2.45) is 0 Å². The van der Waals surface area contributed by atoms with Crippen LogP contribution >= 0.6 is 11.6 Å². The minimum absolute atomic E-state index is 0.0272. The van der Waals surface area contributed by atoms with Crippen molar-refractivity contribution in [2.45, 2.75) is 6.92 Å². The number of benzene rings is 1. The second-order valence-corrected chi connectivity index (χ2v) is 3.20. The van der Waals surface area contributed by atoms with Gasteiger partial charge in [0.2, 0.25) is 0 Å². The summed E-state index contributed by atoms with van der Waals surface area (Å²) in [4.78, 5) is 21.1. The molecule has 0 saturated heterocycles. The van der Waals surface area contributed by atoms with Crippen LogP contribution in [0.2, 0.25) is 5.02 Å². The van der Waals surface area contributed by atoms with Crippen molar-refractivity contribution in [3.05, 3.63) is 28.5 Å². The molecule has 0 amide bonds. The molecule has 0 spiro atoms. The first-order valence-electron chi connectivity index (χ1n) is 4.12. The van der Waals surface area contributed by atoms with Crippen molar-refractivity contribution in [3.63, 3.8) is 0 Å². The monoisotopic (exact) mass is 230 g/mol. The maximum Gasteiger partial charge on any atom is 0.162 e. The van der Waals surface area contributed by atoms with Crippen LogP contribution in [-0.4, -0.2) is 18.7 Å². The third-order valence-corrected chi connectivity index (χ3v) is 2.00. The van der Waals surface area contributed by atoms with Crippen LogP contribution in [0.15, 0.2) is 12.1 Å². The number of hydrogen-bond acceptors (Lipinski definition) is 3. The molecule has 0 aliphatic rings. The van der Waals surface area contributed by atoms with Crippen LogP contribution in [0, 0.1) is 5.82 Å². The SMILES string of the molecule is CC(=O)c1cc(OCC=O)c(Cl)cc1F. The van der Waals surface area contributed by atoms with E-state index in [-0.39, 0.29) is 22.9 Å². The van der Waals surface area contributed by atoms with E-state index in [1.807, 2.05) is 0 Å². The van der Waals surface area contributed by atoms with E-state index in [2.05, 4.69) is 0 Å². The highest BCUT2D eigenvalue weighted by molar-refractivity contribution is 6.32. The van der Waals surface area contributed by atoms with Gasteiger partial charge in [0, 0.05) is 0 Å². The molecule has 0 aliphatic carbocycles. The van der Waals surface area contributed by atoms with Crippen LogP contribution in [0.4, 0.5) is 4.39 Å². The van der Waals surface area contributed by atoms with E-state index in [1.54, 1.807) is 0 Å². The molecule has 1 aromatic carbocycles. The first-order chi connectivity index (χ1) is 7.06. The van der Waals surface area contributed by atoms with E-state index in [9.17, 15) is 14.0 Å². The zero-order valence-corrected chi connectivity index (χ0v) is 8.68. The largest absolute Gasteiger partial charge is 0.485 e. The molecule has 0 N–H and O–H groups in total. The minimum Gasteiger partial charge on any atom is -0.485 e. The van der Waals surface area contributed by atoms with Gasteiger partial charge in [-0.15, -0.1) is 0 Å². The van der Waals surface area contributed by atoms with Gasteiger partial charge in [0.15, 0.2) is 12.1 Å². The Bertz CT molecular complexity index is 404. The van der Waals surface area contributed by atoms with Crippen LogP contribution in [0.1, 0.15) is 17.3 Å². The van der Waals surface area contributed by atoms with Crippen molar-refractivity contribution in [2.75, 3.05) is 6.61 Å². The summed E-state index contributed by atoms with van der Waals surface area (Å²) in [6.45, 7) is 1.04. The molecular weight excluding hydrogens is 223 g/mol. The maximum atomic E-state index is 13.2. The first-order valence-corrected chi connectivity index (χ1v) is 4.50. The predicted octanol–water partition coefficient (Wildman–Crippen LogP) is 2.26. The van der Waals surface area contributed by atoms with Gasteiger partial charge in [-0.1, -0.05) is 11.6 Å². The molecule has 1 aromatic rings. The Morgan fingerprint density at radius 2 is 2.27 bits per heavy atom. The minimum atomic E-state index is -0.703. The number of hydrogen-bond donors (Lipinski definition) is 0. The van der Waals surface area contributed by atoms with E-state index in [0.717, 1.165) is 6.07 Å². The lowest BCUT2D eigenvalue weighted by Gasteiger charge is -2.07. The lowest BCUT2D eigenvalue weighted by molar-refractivity contribution is -0.109. The average molecular weight is 231 g/mol. The molecule has 0 atom stereocenters. The van der Waals surface area contributed by atoms with E-state index in [1.165, 1.54) is 13.0 Å². The number of rotatable bonds is 4. The van der Waals surface area contributed by atoms with Crippen molar-refractivity contribution >= 4 is 23.7 Å². The molecule has 0 saturated carbocycles. The van der Waals surface area contributed by atoms with Crippen molar-refractivity contribution < 1.29 is 18.7 Å². The second kappa shape index (κ2) is 4.89. The van der Waals surface area contributed by atoms with E-state index in [4.69, 9.17) is 16.3 Å². The third-order valence-electron chi connectivity index (χ3n) is 1.71. The van der Waals surface area contributed by atoms with Crippen LogP contribution in [0.3, 0.4) is 0 Å². The fourth-order valence-electron chi connectivity index (χ4n) is 1.03. The highest BCUT2D eigenvalue weighted by Crippen LogP contribution is 2.27. The van der Waals surface area contributed by atoms with Gasteiger partial charge >= 0.3 is 0 Å². The van der Waals surface area contributed by atoms with Gasteiger partial charge in [-0.05, 0) is 19.1 Å². The topological polar surface area (TPSA) is 43.4 Å². The van der Waals surface area contributed by atoms with Crippen molar-refractivity contribution in [3.8, 4) is 5.75 Å². The lowest BCUT2D eigenvalue weighted by Crippen LogP contribution is -2.02. The number of carbonyl (C=O) groups excluding carboxylic acids is 2. The molecule has 15 heavy (non-hydrogen) atoms. The molecular formula is C10H8ClFO3. The van der Waals surface area contributed by atoms with E-state index < -0.39 is 11.6 Å². The van der Waals surface area contributed by atoms with Crippen molar-refractivity contribution in [1.82, 2.24) is 0 Å². The predicted molar refractivity (Wildman–Crippen MR) is 53.0 cm³/mol. The van der Waals surface area contributed by atoms with Crippen LogP contribution in [0.25, 0.3) is 0 Å². The van der Waals surface area contributed by atoms with Gasteiger partial charge in [0.25, 0.3) is 0 Å². The van der Waals surface area contributed by atoms with Gasteiger partial charge in [-0.3, -0.25) is 9.59 Å². The molecule has 1 rings (SSSR count). The number of aldehydes is 1. The zero-order valence-electron chi connectivity index (χ0n) is 7.92. The van der Waals surface area contributed by atoms with Gasteiger partial charge in [0.05, 0.1) is 10.6 Å². The molecule has 0 aliphatic heterocycles. The third kappa shape index (κ3) is 2.76. The molecule has 0 aromatic heterocycles. The fraction of sp³-hybridized carbons (Fsp3) is 0.200. The second-order valence-electron chi connectivity index (χ2n) is 2.80. The Morgan fingerprint density at radius 3 is 2.80 bits per heavy atom. The molecule has 5 heteroatoms. The normalized spacial score (nSPS) is 9.80. The summed E-state index contributed by atoms with van der Waals surface area (Å²) in [5.41, 5.74) is -0.111. The van der Waals surface area contributed by atoms with Crippen LogP contribution in [-0.2, 0) is 4.79 Å². The summed E-state index contributed by atoms with van der Waals surface area (Å²) in [5.74, 6) is -1.01. The number of halogens is 2. The Kier molecular flexibility index (Phi) is 3.80. The fourth-order valence-corrected chi connectivity index (χ4v) is 1.24. The standard InChI is InChI=1S/C10H8ClFO3/c1-6(14)7-4-10(15-3-2-13)8(11)5-9(7)12/h2,4-5H,3H2,1H3. The average Bonchev–Trinajstić information content (AvgIpc) is 2.16. The van der Waals surface area contributed by atoms with Crippen LogP contribution in [0.5, 0.6) is 5.75 Å². The molecule has 3 nitrogen and oxygen atoms in total. The highest BCUT2D eigenvalue weighted by Gasteiger charge is 2.12. The molecule has 0 bridgehead atoms. The smallest absolute Gasteiger partial charge is 0.162 e. The highest BCUT2D eigenvalue weighted by atomic mass is 35.5. The molecule has 0 fully saturated rings. The number of Topliss-reactive ketones (excluding diaryl/α,β-unsaturated/α-hetero) is 1. The first kappa shape index (κ1) is 11.7. The lowest BCUT2D eigenvalue weighted by atomic mass is 10.1. The zero-order chi connectivity index (χ0) is 11.4. The number of ketones is 1. The Hall–Kier alpha value is -1.42. The van der Waals surface area contributed by atoms with Crippen molar-refractivity contribution in [1.29, 1.82) is 0 Å². The molecule has 80 valence electrons. The van der Waals surface area contributed by atoms with Gasteiger partial charge in [0.1, 0.15) is 18.2 Å². The van der Waals surface area contributed by atoms with E-state index >= 15 is 0 Å². The van der Waals surface area contributed by atoms with Crippen LogP contribution < -0.4 is 4.74 Å². The van der Waals surface area contributed by atoms with E-state index in [0.29, 0.717) is 6.29 Å². The summed E-state index contributed by atoms with van der Waals surface area (Å²) >= 11 is 5.65. The maximum absolute atomic E-state index is 13.2. The quantitative estimate of drug-likeness (QED) is 0.589. The number of ether oxygens (including phenoxy) is 1. The summed E-state index contributed by atoms with van der Waals surface area (Å²) in [6.07, 6.45) is 0.535. The summed E-state index contributed by atoms with van der Waals surface area (Å²) < 4.78 is 18.1. The summed E-state index contributed by atoms with van der Waals surface area (Å²) in [5, 5.41) is 0.0272. The Morgan fingerprint density at radius 1 is 1.60 bits per heavy atom. The summed E-state index contributed by atoms with van der Waals surface area (Å²) in [6, 6.07) is 2.17. The molecule has 0 unspecified atom stereocenters. The Labute approximate surface area is 90.8 Å². The van der Waals surface area contributed by atoms with Gasteiger partial charge in [-0.2, -0.15) is 0 Å². The van der Waals surface area contributed by atoms with Gasteiger partial charge < -0.3 is 4.74 Å². The Balaban J connectivity index is 3.11. The van der Waals surface area contributed by atoms with Gasteiger partial charge in [-0.25, -0.2) is 4.39 Å². The summed E-state index contributed by atoms with van der Waals surface area (Å²) in [7, 11) is 0. The molecule has 0 radical (unpaired) electrons. The number of carbonyl (C=O) groups is 2.